The normalized spacial score (nSPS) is 10.4. The predicted octanol–water partition coefficient (Wildman–Crippen LogP) is 3.50. The average molecular weight is 286 g/mol. The van der Waals surface area contributed by atoms with E-state index in [0.29, 0.717) is 16.9 Å². The lowest BCUT2D eigenvalue weighted by molar-refractivity contribution is 0.432. The van der Waals surface area contributed by atoms with Crippen molar-refractivity contribution in [3.63, 3.8) is 0 Å². The Balaban J connectivity index is 2.02. The molecule has 0 spiro atoms. The van der Waals surface area contributed by atoms with Crippen LogP contribution in [0.2, 0.25) is 0 Å². The van der Waals surface area contributed by atoms with E-state index in [0.717, 1.165) is 5.76 Å². The van der Waals surface area contributed by atoms with Crippen molar-refractivity contribution in [1.29, 1.82) is 0 Å². The van der Waals surface area contributed by atoms with Crippen molar-refractivity contribution in [1.82, 2.24) is 0 Å². The van der Waals surface area contributed by atoms with Crippen LogP contribution in [0.1, 0.15) is 5.76 Å². The highest BCUT2D eigenvalue weighted by Gasteiger charge is 2.03. The fourth-order valence-corrected chi connectivity index (χ4v) is 1.59. The molecule has 1 aromatic heterocycles. The molecular weight excluding hydrogens is 277 g/mol. The summed E-state index contributed by atoms with van der Waals surface area (Å²) in [6.45, 7) is 0.454. The van der Waals surface area contributed by atoms with Gasteiger partial charge in [0.05, 0.1) is 6.54 Å². The molecule has 2 aromatic rings. The topological polar surface area (TPSA) is 45.4 Å². The molecular formula is C11H9BrFNO2. The van der Waals surface area contributed by atoms with Crippen LogP contribution in [0.4, 0.5) is 10.1 Å². The highest BCUT2D eigenvalue weighted by Crippen LogP contribution is 2.20. The number of benzene rings is 1. The molecule has 3 nitrogen and oxygen atoms in total. The van der Waals surface area contributed by atoms with E-state index in [1.165, 1.54) is 12.1 Å². The molecule has 0 saturated heterocycles. The maximum Gasteiger partial charge on any atom is 0.169 e. The van der Waals surface area contributed by atoms with Crippen molar-refractivity contribution < 1.29 is 13.9 Å². The van der Waals surface area contributed by atoms with E-state index in [1.54, 1.807) is 12.1 Å². The van der Waals surface area contributed by atoms with Crippen LogP contribution in [-0.2, 0) is 6.54 Å². The number of rotatable bonds is 3. The van der Waals surface area contributed by atoms with Crippen molar-refractivity contribution in [3.8, 4) is 5.75 Å². The first-order valence-corrected chi connectivity index (χ1v) is 5.41. The summed E-state index contributed by atoms with van der Waals surface area (Å²) < 4.78 is 18.9. The van der Waals surface area contributed by atoms with Crippen molar-refractivity contribution in [3.05, 3.63) is 46.6 Å². The molecule has 0 amide bonds. The van der Waals surface area contributed by atoms with Crippen molar-refractivity contribution in [2.45, 2.75) is 6.54 Å². The minimum Gasteiger partial charge on any atom is -0.505 e. The summed E-state index contributed by atoms with van der Waals surface area (Å²) in [6.07, 6.45) is 0. The summed E-state index contributed by atoms with van der Waals surface area (Å²) in [5.74, 6) is -0.266. The third kappa shape index (κ3) is 2.55. The average Bonchev–Trinajstić information content (AvgIpc) is 2.66. The van der Waals surface area contributed by atoms with Crippen LogP contribution in [0.3, 0.4) is 0 Å². The minimum absolute atomic E-state index is 0.355. The second-order valence-electron chi connectivity index (χ2n) is 3.23. The number of hydrogen-bond donors (Lipinski definition) is 2. The van der Waals surface area contributed by atoms with Gasteiger partial charge in [0.15, 0.2) is 16.2 Å². The molecule has 0 aliphatic carbocycles. The van der Waals surface area contributed by atoms with Gasteiger partial charge in [-0.3, -0.25) is 0 Å². The smallest absolute Gasteiger partial charge is 0.169 e. The molecule has 84 valence electrons. The van der Waals surface area contributed by atoms with Crippen LogP contribution < -0.4 is 5.32 Å². The zero-order valence-corrected chi connectivity index (χ0v) is 9.79. The van der Waals surface area contributed by atoms with Crippen LogP contribution >= 0.6 is 15.9 Å². The van der Waals surface area contributed by atoms with E-state index >= 15 is 0 Å². The molecule has 0 bridgehead atoms. The molecule has 0 unspecified atom stereocenters. The lowest BCUT2D eigenvalue weighted by atomic mass is 10.3. The highest BCUT2D eigenvalue weighted by atomic mass is 79.9. The van der Waals surface area contributed by atoms with Gasteiger partial charge in [-0.15, -0.1) is 0 Å². The van der Waals surface area contributed by atoms with Crippen molar-refractivity contribution >= 4 is 21.6 Å². The van der Waals surface area contributed by atoms with Gasteiger partial charge < -0.3 is 14.8 Å². The lowest BCUT2D eigenvalue weighted by Gasteiger charge is -2.04. The number of nitrogens with one attached hydrogen (secondary N) is 1. The van der Waals surface area contributed by atoms with Gasteiger partial charge in [0.1, 0.15) is 5.76 Å². The summed E-state index contributed by atoms with van der Waals surface area (Å²) in [5.41, 5.74) is 0.586. The summed E-state index contributed by atoms with van der Waals surface area (Å²) >= 11 is 3.19. The van der Waals surface area contributed by atoms with Gasteiger partial charge in [-0.2, -0.15) is 0 Å². The maximum atomic E-state index is 13.0. The SMILES string of the molecule is Oc1ccc(NCc2ccc(Br)o2)cc1F. The Morgan fingerprint density at radius 1 is 1.31 bits per heavy atom. The fourth-order valence-electron chi connectivity index (χ4n) is 1.25. The van der Waals surface area contributed by atoms with Crippen LogP contribution in [0.15, 0.2) is 39.4 Å². The molecule has 0 saturated carbocycles. The molecule has 2 rings (SSSR count). The van der Waals surface area contributed by atoms with Gasteiger partial charge in [-0.05, 0) is 40.2 Å². The quantitative estimate of drug-likeness (QED) is 0.849. The van der Waals surface area contributed by atoms with E-state index in [4.69, 9.17) is 9.52 Å². The van der Waals surface area contributed by atoms with Gasteiger partial charge in [-0.25, -0.2) is 4.39 Å². The van der Waals surface area contributed by atoms with E-state index in [2.05, 4.69) is 21.2 Å². The second-order valence-corrected chi connectivity index (χ2v) is 4.01. The first-order valence-electron chi connectivity index (χ1n) is 4.62. The van der Waals surface area contributed by atoms with E-state index in [1.807, 2.05) is 6.07 Å². The number of anilines is 1. The largest absolute Gasteiger partial charge is 0.505 e. The van der Waals surface area contributed by atoms with Crippen molar-refractivity contribution in [2.24, 2.45) is 0 Å². The maximum absolute atomic E-state index is 13.0. The number of halogens is 2. The molecule has 0 aliphatic heterocycles. The van der Waals surface area contributed by atoms with Crippen molar-refractivity contribution in [2.75, 3.05) is 5.32 Å². The summed E-state index contributed by atoms with van der Waals surface area (Å²) in [4.78, 5) is 0. The van der Waals surface area contributed by atoms with Crippen LogP contribution in [0.25, 0.3) is 0 Å². The zero-order valence-electron chi connectivity index (χ0n) is 8.21. The second kappa shape index (κ2) is 4.57. The summed E-state index contributed by atoms with van der Waals surface area (Å²) in [6, 6.07) is 7.72. The molecule has 0 aliphatic rings. The van der Waals surface area contributed by atoms with E-state index in [9.17, 15) is 4.39 Å². The Labute approximate surface area is 100 Å². The number of phenolic OH excluding ortho intramolecular Hbond substituents is 1. The first-order chi connectivity index (χ1) is 7.65. The Bertz CT molecular complexity index is 498. The third-order valence-electron chi connectivity index (χ3n) is 2.04. The van der Waals surface area contributed by atoms with E-state index in [-0.39, 0.29) is 5.75 Å². The molecule has 0 radical (unpaired) electrons. The fraction of sp³-hybridized carbons (Fsp3) is 0.0909. The van der Waals surface area contributed by atoms with Crippen LogP contribution in [0, 0.1) is 5.82 Å². The van der Waals surface area contributed by atoms with Crippen LogP contribution in [-0.4, -0.2) is 5.11 Å². The molecule has 5 heteroatoms. The lowest BCUT2D eigenvalue weighted by Crippen LogP contribution is -1.98. The van der Waals surface area contributed by atoms with Gasteiger partial charge in [0.2, 0.25) is 0 Å². The Hall–Kier alpha value is -1.49. The van der Waals surface area contributed by atoms with E-state index < -0.39 is 5.82 Å². The third-order valence-corrected chi connectivity index (χ3v) is 2.47. The molecule has 2 N–H and O–H groups in total. The Morgan fingerprint density at radius 3 is 2.75 bits per heavy atom. The number of furan rings is 1. The minimum atomic E-state index is -0.648. The summed E-state index contributed by atoms with van der Waals surface area (Å²) in [7, 11) is 0. The van der Waals surface area contributed by atoms with Gasteiger partial charge in [0, 0.05) is 11.8 Å². The first kappa shape index (κ1) is 11.0. The Kier molecular flexibility index (Phi) is 3.14. The molecule has 1 aromatic carbocycles. The summed E-state index contributed by atoms with van der Waals surface area (Å²) in [5, 5.41) is 12.0. The van der Waals surface area contributed by atoms with Crippen LogP contribution in [0.5, 0.6) is 5.75 Å². The number of aromatic hydroxyl groups is 1. The highest BCUT2D eigenvalue weighted by molar-refractivity contribution is 9.10. The van der Waals surface area contributed by atoms with Gasteiger partial charge in [0.25, 0.3) is 0 Å². The molecule has 0 atom stereocenters. The monoisotopic (exact) mass is 285 g/mol. The standard InChI is InChI=1S/C11H9BrFNO2/c12-11-4-2-8(16-11)6-14-7-1-3-10(15)9(13)5-7/h1-5,14-15H,6H2. The zero-order chi connectivity index (χ0) is 11.5. The number of phenols is 1. The molecule has 16 heavy (non-hydrogen) atoms. The molecule has 0 fully saturated rings. The van der Waals surface area contributed by atoms with Gasteiger partial charge in [-0.1, -0.05) is 0 Å². The molecule has 1 heterocycles. The number of hydrogen-bond acceptors (Lipinski definition) is 3. The Morgan fingerprint density at radius 2 is 2.12 bits per heavy atom. The van der Waals surface area contributed by atoms with Gasteiger partial charge >= 0.3 is 0 Å². The predicted molar refractivity (Wildman–Crippen MR) is 61.8 cm³/mol.